The first-order valence-corrected chi connectivity index (χ1v) is 7.30. The Balaban J connectivity index is 1.71. The molecule has 0 unspecified atom stereocenters. The van der Waals surface area contributed by atoms with Crippen molar-refractivity contribution >= 4 is 11.8 Å². The van der Waals surface area contributed by atoms with E-state index in [0.29, 0.717) is 12.1 Å². The second-order valence-corrected chi connectivity index (χ2v) is 5.17. The Morgan fingerprint density at radius 2 is 1.59 bits per heavy atom. The lowest BCUT2D eigenvalue weighted by Crippen LogP contribution is -2.38. The Labute approximate surface area is 130 Å². The maximum atomic E-state index is 11.8. The third kappa shape index (κ3) is 4.22. The van der Waals surface area contributed by atoms with E-state index >= 15 is 0 Å². The number of amides is 2. The fourth-order valence-electron chi connectivity index (χ4n) is 2.27. The molecule has 5 nitrogen and oxygen atoms in total. The van der Waals surface area contributed by atoms with Gasteiger partial charge in [-0.05, 0) is 38.1 Å². The van der Waals surface area contributed by atoms with Crippen molar-refractivity contribution in [1.29, 1.82) is 0 Å². The summed E-state index contributed by atoms with van der Waals surface area (Å²) in [5.41, 5.74) is 2.89. The molecule has 0 saturated heterocycles. The Kier molecular flexibility index (Phi) is 5.36. The van der Waals surface area contributed by atoms with E-state index in [1.807, 2.05) is 19.9 Å². The smallest absolute Gasteiger partial charge is 0.251 e. The zero-order chi connectivity index (χ0) is 15.9. The summed E-state index contributed by atoms with van der Waals surface area (Å²) >= 11 is 0. The van der Waals surface area contributed by atoms with Crippen molar-refractivity contribution in [2.75, 3.05) is 13.1 Å². The fourth-order valence-corrected chi connectivity index (χ4v) is 2.27. The first kappa shape index (κ1) is 15.8. The zero-order valence-corrected chi connectivity index (χ0v) is 12.9. The molecule has 5 heteroatoms. The molecule has 116 valence electrons. The Morgan fingerprint density at radius 3 is 2.23 bits per heavy atom. The summed E-state index contributed by atoms with van der Waals surface area (Å²) in [5, 5.41) is 5.42. The molecule has 0 aliphatic rings. The van der Waals surface area contributed by atoms with E-state index in [0.717, 1.165) is 6.54 Å². The lowest BCUT2D eigenvalue weighted by molar-refractivity contribution is -0.120. The zero-order valence-electron chi connectivity index (χ0n) is 12.9. The van der Waals surface area contributed by atoms with E-state index in [-0.39, 0.29) is 18.4 Å². The third-order valence-electron chi connectivity index (χ3n) is 3.52. The number of aromatic nitrogens is 1. The molecule has 2 N–H and O–H groups in total. The van der Waals surface area contributed by atoms with Gasteiger partial charge < -0.3 is 15.2 Å². The van der Waals surface area contributed by atoms with Crippen LogP contribution in [0.4, 0.5) is 0 Å². The number of hydrogen-bond acceptors (Lipinski definition) is 2. The highest BCUT2D eigenvalue weighted by atomic mass is 16.2. The van der Waals surface area contributed by atoms with Gasteiger partial charge in [0.25, 0.3) is 5.91 Å². The molecule has 1 aromatic heterocycles. The first-order chi connectivity index (χ1) is 10.6. The topological polar surface area (TPSA) is 63.1 Å². The quantitative estimate of drug-likeness (QED) is 0.852. The third-order valence-corrected chi connectivity index (χ3v) is 3.52. The molecule has 0 spiro atoms. The van der Waals surface area contributed by atoms with Gasteiger partial charge in [0, 0.05) is 30.0 Å². The van der Waals surface area contributed by atoms with Crippen molar-refractivity contribution in [3.8, 4) is 0 Å². The van der Waals surface area contributed by atoms with Crippen LogP contribution in [0.25, 0.3) is 0 Å². The lowest BCUT2D eigenvalue weighted by atomic mass is 10.2. The van der Waals surface area contributed by atoms with Crippen LogP contribution < -0.4 is 10.6 Å². The van der Waals surface area contributed by atoms with Gasteiger partial charge in [0.05, 0.1) is 6.54 Å². The molecule has 0 radical (unpaired) electrons. The predicted molar refractivity (Wildman–Crippen MR) is 85.7 cm³/mol. The van der Waals surface area contributed by atoms with Crippen LogP contribution in [0.15, 0.2) is 42.5 Å². The molecule has 22 heavy (non-hydrogen) atoms. The maximum Gasteiger partial charge on any atom is 0.251 e. The maximum absolute atomic E-state index is 11.8. The van der Waals surface area contributed by atoms with Gasteiger partial charge in [-0.2, -0.15) is 0 Å². The summed E-state index contributed by atoms with van der Waals surface area (Å²) in [7, 11) is 0. The summed E-state index contributed by atoms with van der Waals surface area (Å²) in [6.45, 7) is 5.32. The van der Waals surface area contributed by atoms with E-state index in [1.54, 1.807) is 24.3 Å². The Morgan fingerprint density at radius 1 is 0.955 bits per heavy atom. The molecule has 1 aromatic carbocycles. The van der Waals surface area contributed by atoms with Gasteiger partial charge in [0.1, 0.15) is 0 Å². The molecular formula is C17H21N3O2. The number of carbonyl (C=O) groups is 2. The Bertz CT molecular complexity index is 628. The second kappa shape index (κ2) is 7.45. The monoisotopic (exact) mass is 299 g/mol. The number of aryl methyl sites for hydroxylation is 2. The standard InChI is InChI=1S/C17H21N3O2/c1-13-8-9-14(2)20(13)11-10-18-16(21)12-19-17(22)15-6-4-3-5-7-15/h3-9H,10-12H2,1-2H3,(H,18,21)(H,19,22). The molecule has 0 aliphatic heterocycles. The Hall–Kier alpha value is -2.56. The highest BCUT2D eigenvalue weighted by Gasteiger charge is 2.07. The van der Waals surface area contributed by atoms with Gasteiger partial charge in [-0.25, -0.2) is 0 Å². The number of hydrogen-bond donors (Lipinski definition) is 2. The SMILES string of the molecule is Cc1ccc(C)n1CCNC(=O)CNC(=O)c1ccccc1. The molecule has 1 heterocycles. The van der Waals surface area contributed by atoms with Crippen molar-refractivity contribution in [2.24, 2.45) is 0 Å². The van der Waals surface area contributed by atoms with Gasteiger partial charge in [-0.15, -0.1) is 0 Å². The predicted octanol–water partition coefficient (Wildman–Crippen LogP) is 1.65. The van der Waals surface area contributed by atoms with Crippen molar-refractivity contribution in [1.82, 2.24) is 15.2 Å². The summed E-state index contributed by atoms with van der Waals surface area (Å²) in [5.74, 6) is -0.431. The summed E-state index contributed by atoms with van der Waals surface area (Å²) in [4.78, 5) is 23.5. The average molecular weight is 299 g/mol. The average Bonchev–Trinajstić information content (AvgIpc) is 2.85. The largest absolute Gasteiger partial charge is 0.353 e. The molecule has 0 aliphatic carbocycles. The van der Waals surface area contributed by atoms with Gasteiger partial charge in [0.2, 0.25) is 5.91 Å². The van der Waals surface area contributed by atoms with Crippen molar-refractivity contribution < 1.29 is 9.59 Å². The minimum Gasteiger partial charge on any atom is -0.353 e. The van der Waals surface area contributed by atoms with Gasteiger partial charge in [-0.3, -0.25) is 9.59 Å². The van der Waals surface area contributed by atoms with Crippen LogP contribution >= 0.6 is 0 Å². The summed E-state index contributed by atoms with van der Waals surface area (Å²) in [6.07, 6.45) is 0. The van der Waals surface area contributed by atoms with Crippen LogP contribution in [0.3, 0.4) is 0 Å². The molecule has 2 rings (SSSR count). The summed E-state index contributed by atoms with van der Waals surface area (Å²) in [6, 6.07) is 13.0. The van der Waals surface area contributed by atoms with E-state index in [4.69, 9.17) is 0 Å². The molecule has 0 saturated carbocycles. The molecule has 0 atom stereocenters. The highest BCUT2D eigenvalue weighted by molar-refractivity contribution is 5.96. The molecular weight excluding hydrogens is 278 g/mol. The number of carbonyl (C=O) groups excluding carboxylic acids is 2. The van der Waals surface area contributed by atoms with Crippen LogP contribution in [0.5, 0.6) is 0 Å². The van der Waals surface area contributed by atoms with Crippen LogP contribution in [0.1, 0.15) is 21.7 Å². The van der Waals surface area contributed by atoms with E-state index in [1.165, 1.54) is 11.4 Å². The van der Waals surface area contributed by atoms with E-state index in [9.17, 15) is 9.59 Å². The van der Waals surface area contributed by atoms with E-state index in [2.05, 4.69) is 27.3 Å². The van der Waals surface area contributed by atoms with Gasteiger partial charge in [0.15, 0.2) is 0 Å². The minimum absolute atomic E-state index is 0.0165. The lowest BCUT2D eigenvalue weighted by Gasteiger charge is -2.11. The number of benzene rings is 1. The number of nitrogens with one attached hydrogen (secondary N) is 2. The van der Waals surface area contributed by atoms with Crippen LogP contribution in [-0.4, -0.2) is 29.5 Å². The normalized spacial score (nSPS) is 10.3. The number of nitrogens with zero attached hydrogens (tertiary/aromatic N) is 1. The molecule has 0 bridgehead atoms. The molecule has 2 amide bonds. The fraction of sp³-hybridized carbons (Fsp3) is 0.294. The first-order valence-electron chi connectivity index (χ1n) is 7.30. The van der Waals surface area contributed by atoms with Crippen LogP contribution in [0.2, 0.25) is 0 Å². The second-order valence-electron chi connectivity index (χ2n) is 5.17. The van der Waals surface area contributed by atoms with Crippen molar-refractivity contribution in [3.63, 3.8) is 0 Å². The summed E-state index contributed by atoms with van der Waals surface area (Å²) < 4.78 is 2.14. The van der Waals surface area contributed by atoms with Gasteiger partial charge >= 0.3 is 0 Å². The van der Waals surface area contributed by atoms with Gasteiger partial charge in [-0.1, -0.05) is 18.2 Å². The van der Waals surface area contributed by atoms with Crippen LogP contribution in [0, 0.1) is 13.8 Å². The van der Waals surface area contributed by atoms with Crippen molar-refractivity contribution in [2.45, 2.75) is 20.4 Å². The molecule has 0 fully saturated rings. The van der Waals surface area contributed by atoms with Crippen LogP contribution in [-0.2, 0) is 11.3 Å². The number of rotatable bonds is 6. The molecule has 2 aromatic rings. The van der Waals surface area contributed by atoms with E-state index < -0.39 is 0 Å². The highest BCUT2D eigenvalue weighted by Crippen LogP contribution is 2.05. The van der Waals surface area contributed by atoms with Crippen molar-refractivity contribution in [3.05, 3.63) is 59.4 Å². The minimum atomic E-state index is -0.243.